The third kappa shape index (κ3) is 5.43. The Hall–Kier alpha value is -2.30. The molecule has 1 aromatic carbocycles. The minimum Gasteiger partial charge on any atom is -0.496 e. The van der Waals surface area contributed by atoms with Crippen molar-refractivity contribution in [1.29, 1.82) is 0 Å². The Kier molecular flexibility index (Phi) is 6.20. The zero-order valence-electron chi connectivity index (χ0n) is 14.4. The fourth-order valence-corrected chi connectivity index (χ4v) is 2.29. The summed E-state index contributed by atoms with van der Waals surface area (Å²) in [6, 6.07) is 10.0. The molecule has 0 unspecified atom stereocenters. The maximum atomic E-state index is 5.38. The van der Waals surface area contributed by atoms with Gasteiger partial charge in [-0.2, -0.15) is 0 Å². The van der Waals surface area contributed by atoms with Gasteiger partial charge in [-0.15, -0.1) is 0 Å². The van der Waals surface area contributed by atoms with Crippen molar-refractivity contribution in [2.24, 2.45) is 5.92 Å². The minimum atomic E-state index is 0.576. The smallest absolute Gasteiger partial charge is 0.131 e. The van der Waals surface area contributed by atoms with E-state index in [0.29, 0.717) is 5.92 Å². The van der Waals surface area contributed by atoms with Crippen LogP contribution in [0.15, 0.2) is 30.3 Å². The van der Waals surface area contributed by atoms with Crippen molar-refractivity contribution in [1.82, 2.24) is 9.97 Å². The van der Waals surface area contributed by atoms with E-state index in [0.717, 1.165) is 42.7 Å². The zero-order chi connectivity index (χ0) is 16.7. The van der Waals surface area contributed by atoms with E-state index in [-0.39, 0.29) is 0 Å². The zero-order valence-corrected chi connectivity index (χ0v) is 14.4. The number of nitrogens with zero attached hydrogens (tertiary/aromatic N) is 2. The van der Waals surface area contributed by atoms with Crippen LogP contribution in [0.25, 0.3) is 0 Å². The third-order valence-electron chi connectivity index (χ3n) is 3.42. The number of aromatic nitrogens is 2. The molecule has 0 spiro atoms. The first-order chi connectivity index (χ1) is 11.1. The van der Waals surface area contributed by atoms with Crippen LogP contribution in [-0.4, -0.2) is 30.2 Å². The van der Waals surface area contributed by atoms with Crippen LogP contribution in [0.3, 0.4) is 0 Å². The van der Waals surface area contributed by atoms with E-state index in [1.54, 1.807) is 7.11 Å². The summed E-state index contributed by atoms with van der Waals surface area (Å²) in [7, 11) is 1.70. The fourth-order valence-electron chi connectivity index (χ4n) is 2.29. The Bertz CT molecular complexity index is 628. The van der Waals surface area contributed by atoms with Gasteiger partial charge in [0.15, 0.2) is 0 Å². The van der Waals surface area contributed by atoms with Crippen LogP contribution in [0.5, 0.6) is 5.75 Å². The number of aryl methyl sites for hydroxylation is 1. The number of benzene rings is 1. The molecule has 1 heterocycles. The number of para-hydroxylation sites is 1. The van der Waals surface area contributed by atoms with Gasteiger partial charge in [0.25, 0.3) is 0 Å². The summed E-state index contributed by atoms with van der Waals surface area (Å²) in [4.78, 5) is 8.86. The third-order valence-corrected chi connectivity index (χ3v) is 3.42. The molecule has 0 radical (unpaired) electrons. The molecule has 23 heavy (non-hydrogen) atoms. The molecule has 0 atom stereocenters. The van der Waals surface area contributed by atoms with E-state index in [1.165, 1.54) is 5.56 Å². The summed E-state index contributed by atoms with van der Waals surface area (Å²) in [5.74, 6) is 3.97. The molecular weight excluding hydrogens is 288 g/mol. The maximum absolute atomic E-state index is 5.38. The highest BCUT2D eigenvalue weighted by atomic mass is 16.5. The highest BCUT2D eigenvalue weighted by molar-refractivity contribution is 5.47. The lowest BCUT2D eigenvalue weighted by atomic mass is 10.1. The molecule has 5 nitrogen and oxygen atoms in total. The number of ether oxygens (including phenoxy) is 1. The van der Waals surface area contributed by atoms with Crippen LogP contribution in [0, 0.1) is 12.8 Å². The van der Waals surface area contributed by atoms with Gasteiger partial charge in [0.1, 0.15) is 23.2 Å². The van der Waals surface area contributed by atoms with E-state index >= 15 is 0 Å². The summed E-state index contributed by atoms with van der Waals surface area (Å²) in [5.41, 5.74) is 1.19. The second-order valence-electron chi connectivity index (χ2n) is 5.95. The van der Waals surface area contributed by atoms with Gasteiger partial charge in [0, 0.05) is 19.2 Å². The minimum absolute atomic E-state index is 0.576. The van der Waals surface area contributed by atoms with Crippen molar-refractivity contribution in [2.75, 3.05) is 30.8 Å². The second kappa shape index (κ2) is 8.36. The fraction of sp³-hybridized carbons (Fsp3) is 0.444. The molecule has 0 bridgehead atoms. The summed E-state index contributed by atoms with van der Waals surface area (Å²) < 4.78 is 5.38. The molecule has 0 fully saturated rings. The van der Waals surface area contributed by atoms with Crippen LogP contribution < -0.4 is 15.4 Å². The normalized spacial score (nSPS) is 10.7. The molecule has 0 aliphatic heterocycles. The number of rotatable bonds is 8. The van der Waals surface area contributed by atoms with Crippen LogP contribution in [0.4, 0.5) is 11.6 Å². The standard InChI is InChI=1S/C18H26N4O/c1-13(2)12-20-18-11-17(21-14(3)22-18)19-10-9-15-7-5-6-8-16(15)23-4/h5-8,11,13H,9-10,12H2,1-4H3,(H2,19,20,21,22). The average molecular weight is 314 g/mol. The quantitative estimate of drug-likeness (QED) is 0.781. The van der Waals surface area contributed by atoms with Crippen molar-refractivity contribution in [3.05, 3.63) is 41.7 Å². The highest BCUT2D eigenvalue weighted by Gasteiger charge is 2.04. The molecule has 2 aromatic rings. The van der Waals surface area contributed by atoms with Crippen molar-refractivity contribution in [3.63, 3.8) is 0 Å². The second-order valence-corrected chi connectivity index (χ2v) is 5.95. The molecule has 2 N–H and O–H groups in total. The van der Waals surface area contributed by atoms with Crippen molar-refractivity contribution >= 4 is 11.6 Å². The van der Waals surface area contributed by atoms with E-state index < -0.39 is 0 Å². The van der Waals surface area contributed by atoms with E-state index in [2.05, 4.69) is 40.5 Å². The first-order valence-electron chi connectivity index (χ1n) is 8.04. The van der Waals surface area contributed by atoms with Gasteiger partial charge in [-0.25, -0.2) is 9.97 Å². The van der Waals surface area contributed by atoms with Gasteiger partial charge in [-0.3, -0.25) is 0 Å². The Morgan fingerprint density at radius 3 is 2.48 bits per heavy atom. The van der Waals surface area contributed by atoms with Crippen molar-refractivity contribution in [2.45, 2.75) is 27.2 Å². The lowest BCUT2D eigenvalue weighted by molar-refractivity contribution is 0.410. The molecule has 0 aliphatic carbocycles. The van der Waals surface area contributed by atoms with E-state index in [4.69, 9.17) is 4.74 Å². The lowest BCUT2D eigenvalue weighted by Crippen LogP contribution is -2.12. The molecule has 2 rings (SSSR count). The molecule has 0 saturated carbocycles. The maximum Gasteiger partial charge on any atom is 0.131 e. The predicted molar refractivity (Wildman–Crippen MR) is 95.3 cm³/mol. The number of methoxy groups -OCH3 is 1. The van der Waals surface area contributed by atoms with E-state index in [9.17, 15) is 0 Å². The number of hydrogen-bond donors (Lipinski definition) is 2. The number of nitrogens with one attached hydrogen (secondary N) is 2. The molecule has 1 aromatic heterocycles. The molecular formula is C18H26N4O. The predicted octanol–water partition coefficient (Wildman–Crippen LogP) is 3.52. The molecule has 5 heteroatoms. The molecule has 124 valence electrons. The Morgan fingerprint density at radius 1 is 1.09 bits per heavy atom. The summed E-state index contributed by atoms with van der Waals surface area (Å²) in [5, 5.41) is 6.71. The highest BCUT2D eigenvalue weighted by Crippen LogP contribution is 2.18. The Balaban J connectivity index is 1.94. The first kappa shape index (κ1) is 17.1. The molecule has 0 amide bonds. The number of hydrogen-bond acceptors (Lipinski definition) is 5. The SMILES string of the molecule is COc1ccccc1CCNc1cc(NCC(C)C)nc(C)n1. The van der Waals surface area contributed by atoms with Gasteiger partial charge >= 0.3 is 0 Å². The van der Waals surface area contributed by atoms with Gasteiger partial charge in [0.2, 0.25) is 0 Å². The Morgan fingerprint density at radius 2 is 1.78 bits per heavy atom. The van der Waals surface area contributed by atoms with Crippen molar-refractivity contribution < 1.29 is 4.74 Å². The van der Waals surface area contributed by atoms with Crippen LogP contribution in [0.2, 0.25) is 0 Å². The summed E-state index contributed by atoms with van der Waals surface area (Å²) in [6.45, 7) is 7.95. The lowest BCUT2D eigenvalue weighted by Gasteiger charge is -2.12. The molecule has 0 aliphatic rings. The monoisotopic (exact) mass is 314 g/mol. The largest absolute Gasteiger partial charge is 0.496 e. The van der Waals surface area contributed by atoms with Crippen molar-refractivity contribution in [3.8, 4) is 5.75 Å². The van der Waals surface area contributed by atoms with Crippen LogP contribution in [0.1, 0.15) is 25.2 Å². The summed E-state index contributed by atoms with van der Waals surface area (Å²) in [6.07, 6.45) is 0.877. The van der Waals surface area contributed by atoms with Gasteiger partial charge < -0.3 is 15.4 Å². The summed E-state index contributed by atoms with van der Waals surface area (Å²) >= 11 is 0. The van der Waals surface area contributed by atoms with Gasteiger partial charge in [0.05, 0.1) is 7.11 Å². The van der Waals surface area contributed by atoms with E-state index in [1.807, 2.05) is 31.2 Å². The average Bonchev–Trinajstić information content (AvgIpc) is 2.53. The topological polar surface area (TPSA) is 59.1 Å². The van der Waals surface area contributed by atoms with Gasteiger partial charge in [-0.05, 0) is 30.9 Å². The van der Waals surface area contributed by atoms with Crippen LogP contribution >= 0.6 is 0 Å². The number of anilines is 2. The molecule has 0 saturated heterocycles. The first-order valence-corrected chi connectivity index (χ1v) is 8.04. The van der Waals surface area contributed by atoms with Crippen LogP contribution in [-0.2, 0) is 6.42 Å². The van der Waals surface area contributed by atoms with Gasteiger partial charge in [-0.1, -0.05) is 32.0 Å². The Labute approximate surface area is 138 Å².